The largest absolute Gasteiger partial charge is 0.467 e. The lowest BCUT2D eigenvalue weighted by atomic mass is 10.0. The molecule has 0 amide bonds. The molecule has 0 saturated heterocycles. The number of carbonyl (C=O) groups excluding carboxylic acids is 2. The molecule has 0 radical (unpaired) electrons. The zero-order chi connectivity index (χ0) is 15.3. The third-order valence-corrected chi connectivity index (χ3v) is 2.94. The summed E-state index contributed by atoms with van der Waals surface area (Å²) < 4.78 is 6.10. The molecule has 0 unspecified atom stereocenters. The van der Waals surface area contributed by atoms with Crippen molar-refractivity contribution in [1.82, 2.24) is 9.55 Å². The highest BCUT2D eigenvalue weighted by atomic mass is 16.5. The molecule has 0 aliphatic rings. The Morgan fingerprint density at radius 2 is 2.15 bits per heavy atom. The number of nitrogens with zero attached hydrogens (tertiary/aromatic N) is 2. The number of carbonyl (C=O) groups is 2. The zero-order valence-corrected chi connectivity index (χ0v) is 12.3. The molecule has 1 rings (SSSR count). The summed E-state index contributed by atoms with van der Waals surface area (Å²) in [5.41, 5.74) is 0.396. The molecule has 1 aromatic rings. The number of hydrogen-bond donors (Lipinski definition) is 0. The van der Waals surface area contributed by atoms with Crippen LogP contribution in [0.4, 0.5) is 0 Å². The molecule has 6 heteroatoms. The van der Waals surface area contributed by atoms with Crippen LogP contribution in [-0.2, 0) is 20.7 Å². The van der Waals surface area contributed by atoms with E-state index in [4.69, 9.17) is 4.74 Å². The minimum Gasteiger partial charge on any atom is -0.467 e. The van der Waals surface area contributed by atoms with Gasteiger partial charge in [0, 0.05) is 12.6 Å². The molecular weight excluding hydrogens is 260 g/mol. The average molecular weight is 280 g/mol. The van der Waals surface area contributed by atoms with Gasteiger partial charge in [-0.1, -0.05) is 13.8 Å². The third kappa shape index (κ3) is 3.76. The smallest absolute Gasteiger partial charge is 0.328 e. The molecule has 0 aliphatic heterocycles. The first-order chi connectivity index (χ1) is 9.40. The van der Waals surface area contributed by atoms with Crippen molar-refractivity contribution >= 4 is 12.3 Å². The van der Waals surface area contributed by atoms with Crippen molar-refractivity contribution in [2.75, 3.05) is 7.11 Å². The Kier molecular flexibility index (Phi) is 5.61. The first-order valence-corrected chi connectivity index (χ1v) is 6.50. The number of methoxy groups -OCH3 is 1. The van der Waals surface area contributed by atoms with Crippen LogP contribution in [0.25, 0.3) is 0 Å². The number of aryl methyl sites for hydroxylation is 1. The maximum Gasteiger partial charge on any atom is 0.328 e. The van der Waals surface area contributed by atoms with E-state index in [2.05, 4.69) is 4.98 Å². The van der Waals surface area contributed by atoms with Crippen molar-refractivity contribution in [3.8, 4) is 0 Å². The van der Waals surface area contributed by atoms with E-state index in [0.29, 0.717) is 18.4 Å². The van der Waals surface area contributed by atoms with Crippen molar-refractivity contribution < 1.29 is 14.3 Å². The lowest BCUT2D eigenvalue weighted by molar-refractivity contribution is -0.145. The van der Waals surface area contributed by atoms with Crippen LogP contribution in [-0.4, -0.2) is 28.9 Å². The van der Waals surface area contributed by atoms with Gasteiger partial charge < -0.3 is 9.53 Å². The molecule has 0 saturated carbocycles. The molecule has 1 heterocycles. The fourth-order valence-corrected chi connectivity index (χ4v) is 2.02. The van der Waals surface area contributed by atoms with E-state index in [9.17, 15) is 14.4 Å². The summed E-state index contributed by atoms with van der Waals surface area (Å²) in [6.45, 7) is 5.49. The van der Waals surface area contributed by atoms with Gasteiger partial charge in [-0.2, -0.15) is 0 Å². The number of hydrogen-bond acceptors (Lipinski definition) is 5. The van der Waals surface area contributed by atoms with Crippen LogP contribution in [0.3, 0.4) is 0 Å². The third-order valence-electron chi connectivity index (χ3n) is 2.94. The summed E-state index contributed by atoms with van der Waals surface area (Å²) in [5, 5.41) is 0. The normalized spacial score (nSPS) is 12.2. The monoisotopic (exact) mass is 280 g/mol. The molecule has 1 atom stereocenters. The van der Waals surface area contributed by atoms with Gasteiger partial charge in [0.2, 0.25) is 0 Å². The zero-order valence-electron chi connectivity index (χ0n) is 12.3. The van der Waals surface area contributed by atoms with Crippen LogP contribution < -0.4 is 5.56 Å². The molecule has 0 fully saturated rings. The number of rotatable bonds is 6. The summed E-state index contributed by atoms with van der Waals surface area (Å²) in [7, 11) is 1.29. The molecular formula is C14H20N2O4. The first-order valence-electron chi connectivity index (χ1n) is 6.50. The number of aromatic nitrogens is 2. The van der Waals surface area contributed by atoms with E-state index < -0.39 is 12.0 Å². The Hall–Kier alpha value is -1.98. The maximum atomic E-state index is 12.2. The van der Waals surface area contributed by atoms with Crippen molar-refractivity contribution in [2.24, 2.45) is 5.92 Å². The standard InChI is InChI=1S/C14H20N2O4/c1-9(2)7-12(14(19)20-4)16-8-11(5-6-17)15-10(3)13(16)18/h6,8-9,12H,5,7H2,1-4H3/t12-/m0/s1. The molecule has 20 heavy (non-hydrogen) atoms. The number of ether oxygens (including phenoxy) is 1. The van der Waals surface area contributed by atoms with Gasteiger partial charge in [-0.15, -0.1) is 0 Å². The van der Waals surface area contributed by atoms with Crippen molar-refractivity contribution in [2.45, 2.75) is 39.7 Å². The highest BCUT2D eigenvalue weighted by molar-refractivity contribution is 5.74. The van der Waals surface area contributed by atoms with Gasteiger partial charge in [-0.05, 0) is 19.3 Å². The van der Waals surface area contributed by atoms with E-state index >= 15 is 0 Å². The Balaban J connectivity index is 3.34. The fourth-order valence-electron chi connectivity index (χ4n) is 2.02. The molecule has 6 nitrogen and oxygen atoms in total. The van der Waals surface area contributed by atoms with Crippen LogP contribution in [0.15, 0.2) is 11.0 Å². The maximum absolute atomic E-state index is 12.2. The minimum absolute atomic E-state index is 0.108. The SMILES string of the molecule is COC(=O)[C@H](CC(C)C)n1cc(CC=O)nc(C)c1=O. The Bertz CT molecular complexity index is 549. The number of esters is 1. The van der Waals surface area contributed by atoms with Gasteiger partial charge in [-0.3, -0.25) is 14.3 Å². The molecule has 0 spiro atoms. The molecule has 0 aliphatic carbocycles. The Morgan fingerprint density at radius 3 is 2.65 bits per heavy atom. The molecule has 0 bridgehead atoms. The molecule has 1 aromatic heterocycles. The van der Waals surface area contributed by atoms with Gasteiger partial charge in [0.15, 0.2) is 0 Å². The van der Waals surface area contributed by atoms with Crippen LogP contribution in [0.2, 0.25) is 0 Å². The predicted molar refractivity (Wildman–Crippen MR) is 73.5 cm³/mol. The lowest BCUT2D eigenvalue weighted by Gasteiger charge is -2.20. The highest BCUT2D eigenvalue weighted by Crippen LogP contribution is 2.18. The van der Waals surface area contributed by atoms with Crippen LogP contribution in [0, 0.1) is 12.8 Å². The van der Waals surface area contributed by atoms with E-state index in [0.717, 1.165) is 0 Å². The van der Waals surface area contributed by atoms with Gasteiger partial charge >= 0.3 is 5.97 Å². The second kappa shape index (κ2) is 6.98. The molecule has 0 N–H and O–H groups in total. The van der Waals surface area contributed by atoms with E-state index in [1.165, 1.54) is 17.9 Å². The summed E-state index contributed by atoms with van der Waals surface area (Å²) in [4.78, 5) is 38.7. The van der Waals surface area contributed by atoms with Crippen LogP contribution in [0.1, 0.15) is 37.7 Å². The summed E-state index contributed by atoms with van der Waals surface area (Å²) in [6, 6.07) is -0.695. The van der Waals surface area contributed by atoms with Crippen LogP contribution in [0.5, 0.6) is 0 Å². The minimum atomic E-state index is -0.695. The molecule has 110 valence electrons. The number of aldehydes is 1. The summed E-state index contributed by atoms with van der Waals surface area (Å²) >= 11 is 0. The van der Waals surface area contributed by atoms with Gasteiger partial charge in [0.1, 0.15) is 18.0 Å². The molecule has 0 aromatic carbocycles. The van der Waals surface area contributed by atoms with Crippen molar-refractivity contribution in [3.05, 3.63) is 27.9 Å². The Labute approximate surface area is 117 Å². The van der Waals surface area contributed by atoms with Crippen molar-refractivity contribution in [1.29, 1.82) is 0 Å². The van der Waals surface area contributed by atoms with Gasteiger partial charge in [0.25, 0.3) is 5.56 Å². The predicted octanol–water partition coefficient (Wildman–Crippen LogP) is 1.05. The second-order valence-corrected chi connectivity index (χ2v) is 5.07. The quantitative estimate of drug-likeness (QED) is 0.575. The van der Waals surface area contributed by atoms with E-state index in [1.54, 1.807) is 6.92 Å². The second-order valence-electron chi connectivity index (χ2n) is 5.07. The van der Waals surface area contributed by atoms with Crippen LogP contribution >= 0.6 is 0 Å². The highest BCUT2D eigenvalue weighted by Gasteiger charge is 2.24. The first kappa shape index (κ1) is 16.1. The van der Waals surface area contributed by atoms with Crippen molar-refractivity contribution in [3.63, 3.8) is 0 Å². The van der Waals surface area contributed by atoms with E-state index in [-0.39, 0.29) is 23.6 Å². The Morgan fingerprint density at radius 1 is 1.50 bits per heavy atom. The fraction of sp³-hybridized carbons (Fsp3) is 0.571. The van der Waals surface area contributed by atoms with Gasteiger partial charge in [0.05, 0.1) is 12.8 Å². The average Bonchev–Trinajstić information content (AvgIpc) is 2.39. The topological polar surface area (TPSA) is 78.3 Å². The lowest BCUT2D eigenvalue weighted by Crippen LogP contribution is -2.33. The summed E-state index contributed by atoms with van der Waals surface area (Å²) in [5.74, 6) is -0.252. The summed E-state index contributed by atoms with van der Waals surface area (Å²) in [6.07, 6.45) is 2.77. The van der Waals surface area contributed by atoms with E-state index in [1.807, 2.05) is 13.8 Å². The van der Waals surface area contributed by atoms with Gasteiger partial charge in [-0.25, -0.2) is 4.79 Å².